The predicted molar refractivity (Wildman–Crippen MR) is 140 cm³/mol. The molecular weight excluding hydrogens is 428 g/mol. The summed E-state index contributed by atoms with van der Waals surface area (Å²) in [7, 11) is 0. The fourth-order valence-corrected chi connectivity index (χ4v) is 3.36. The van der Waals surface area contributed by atoms with Gasteiger partial charge < -0.3 is 19.0 Å². The van der Waals surface area contributed by atoms with Crippen LogP contribution in [0.15, 0.2) is 74.0 Å². The molecule has 1 aromatic heterocycles. The lowest BCUT2D eigenvalue weighted by Gasteiger charge is -2.13. The van der Waals surface area contributed by atoms with Crippen LogP contribution in [0.5, 0.6) is 17.2 Å². The molecule has 0 bridgehead atoms. The first kappa shape index (κ1) is 27.0. The van der Waals surface area contributed by atoms with Crippen molar-refractivity contribution in [3.63, 3.8) is 0 Å². The van der Waals surface area contributed by atoms with Gasteiger partial charge in [-0.3, -0.25) is 0 Å². The molecule has 0 aliphatic heterocycles. The van der Waals surface area contributed by atoms with Crippen LogP contribution in [-0.4, -0.2) is 18.3 Å². The summed E-state index contributed by atoms with van der Waals surface area (Å²) in [5, 5.41) is 10.9. The van der Waals surface area contributed by atoms with Crippen molar-refractivity contribution in [2.24, 2.45) is 0 Å². The molecule has 0 saturated heterocycles. The zero-order valence-corrected chi connectivity index (χ0v) is 21.4. The largest absolute Gasteiger partial charge is 0.499 e. The number of fused-ring (bicyclic) bond motifs is 1. The number of hydrogen-bond donors (Lipinski definition) is 1. The molecule has 5 nitrogen and oxygen atoms in total. The maximum absolute atomic E-state index is 12.1. The van der Waals surface area contributed by atoms with Gasteiger partial charge in [0.1, 0.15) is 29.9 Å². The van der Waals surface area contributed by atoms with Gasteiger partial charge in [-0.1, -0.05) is 40.5 Å². The highest BCUT2D eigenvalue weighted by atomic mass is 16.5. The minimum Gasteiger partial charge on any atom is -0.499 e. The average Bonchev–Trinajstić information content (AvgIpc) is 2.76. The van der Waals surface area contributed by atoms with Crippen molar-refractivity contribution >= 4 is 11.0 Å². The van der Waals surface area contributed by atoms with Gasteiger partial charge in [0.25, 0.3) is 0 Å². The summed E-state index contributed by atoms with van der Waals surface area (Å²) in [6, 6.07) is 5.19. The van der Waals surface area contributed by atoms with Gasteiger partial charge in [-0.2, -0.15) is 0 Å². The first-order valence-corrected chi connectivity index (χ1v) is 11.8. The van der Waals surface area contributed by atoms with Crippen LogP contribution in [0.4, 0.5) is 0 Å². The molecule has 0 radical (unpaired) electrons. The molecule has 0 fully saturated rings. The molecule has 34 heavy (non-hydrogen) atoms. The molecule has 0 atom stereocenters. The van der Waals surface area contributed by atoms with E-state index in [4.69, 9.17) is 13.9 Å². The number of aromatic hydroxyl groups is 1. The fraction of sp³-hybridized carbons (Fsp3) is 0.414. The second kappa shape index (κ2) is 13.5. The smallest absolute Gasteiger partial charge is 0.382 e. The summed E-state index contributed by atoms with van der Waals surface area (Å²) in [6.07, 6.45) is 12.3. The molecule has 0 aliphatic carbocycles. The van der Waals surface area contributed by atoms with E-state index >= 15 is 0 Å². The van der Waals surface area contributed by atoms with Gasteiger partial charge >= 0.3 is 5.63 Å². The normalized spacial score (nSPS) is 11.9. The van der Waals surface area contributed by atoms with Crippen molar-refractivity contribution in [3.8, 4) is 17.2 Å². The third-order valence-electron chi connectivity index (χ3n) is 5.34. The fourth-order valence-electron chi connectivity index (χ4n) is 3.36. The topological polar surface area (TPSA) is 68.9 Å². The van der Waals surface area contributed by atoms with Crippen LogP contribution >= 0.6 is 0 Å². The van der Waals surface area contributed by atoms with E-state index in [1.54, 1.807) is 18.2 Å². The van der Waals surface area contributed by atoms with Crippen LogP contribution in [0.1, 0.15) is 67.2 Å². The molecule has 1 N–H and O–H groups in total. The van der Waals surface area contributed by atoms with Crippen LogP contribution in [0.25, 0.3) is 11.0 Å². The second-order valence-electron chi connectivity index (χ2n) is 9.06. The lowest BCUT2D eigenvalue weighted by molar-refractivity contribution is 0.322. The number of hydrogen-bond acceptors (Lipinski definition) is 5. The van der Waals surface area contributed by atoms with Crippen molar-refractivity contribution < 1.29 is 19.0 Å². The Bertz CT molecular complexity index is 1140. The van der Waals surface area contributed by atoms with Crippen LogP contribution < -0.4 is 15.1 Å². The monoisotopic (exact) mass is 466 g/mol. The summed E-state index contributed by atoms with van der Waals surface area (Å²) in [5.74, 6) is 0.0243. The third kappa shape index (κ3) is 8.62. The average molecular weight is 467 g/mol. The van der Waals surface area contributed by atoms with Gasteiger partial charge in [-0.25, -0.2) is 4.79 Å². The zero-order valence-electron chi connectivity index (χ0n) is 21.4. The molecule has 0 unspecified atom stereocenters. The number of ether oxygens (including phenoxy) is 2. The van der Waals surface area contributed by atoms with Crippen molar-refractivity contribution in [1.29, 1.82) is 0 Å². The summed E-state index contributed by atoms with van der Waals surface area (Å²) >= 11 is 0. The summed E-state index contributed by atoms with van der Waals surface area (Å²) in [4.78, 5) is 12.1. The Morgan fingerprint density at radius 1 is 0.853 bits per heavy atom. The zero-order chi connectivity index (χ0) is 25.1. The summed E-state index contributed by atoms with van der Waals surface area (Å²) in [6.45, 7) is 13.1. The highest BCUT2D eigenvalue weighted by Gasteiger charge is 2.19. The van der Waals surface area contributed by atoms with Gasteiger partial charge in [0.2, 0.25) is 5.75 Å². The molecular formula is C29H38O5. The van der Waals surface area contributed by atoms with Gasteiger partial charge in [0.15, 0.2) is 5.75 Å². The lowest BCUT2D eigenvalue weighted by atomic mass is 10.1. The second-order valence-corrected chi connectivity index (χ2v) is 9.06. The van der Waals surface area contributed by atoms with Gasteiger partial charge in [-0.15, -0.1) is 0 Å². The Labute approximate surface area is 203 Å². The van der Waals surface area contributed by atoms with Crippen LogP contribution in [0, 0.1) is 0 Å². The Kier molecular flexibility index (Phi) is 10.7. The van der Waals surface area contributed by atoms with Crippen molar-refractivity contribution in [3.05, 3.63) is 75.2 Å². The van der Waals surface area contributed by atoms with Gasteiger partial charge in [0, 0.05) is 0 Å². The molecule has 0 spiro atoms. The van der Waals surface area contributed by atoms with E-state index in [-0.39, 0.29) is 12.4 Å². The van der Waals surface area contributed by atoms with E-state index in [2.05, 4.69) is 46.8 Å². The molecule has 184 valence electrons. The highest BCUT2D eigenvalue weighted by molar-refractivity contribution is 5.91. The molecule has 1 heterocycles. The van der Waals surface area contributed by atoms with Crippen molar-refractivity contribution in [2.45, 2.75) is 67.2 Å². The van der Waals surface area contributed by atoms with Crippen molar-refractivity contribution in [1.82, 2.24) is 0 Å². The Balaban J connectivity index is 2.20. The molecule has 0 amide bonds. The lowest BCUT2D eigenvalue weighted by Crippen LogP contribution is -2.05. The van der Waals surface area contributed by atoms with E-state index in [1.165, 1.54) is 22.3 Å². The van der Waals surface area contributed by atoms with Crippen LogP contribution in [-0.2, 0) is 0 Å². The first-order chi connectivity index (χ1) is 16.2. The first-order valence-electron chi connectivity index (χ1n) is 11.8. The van der Waals surface area contributed by atoms with Crippen LogP contribution in [0.2, 0.25) is 0 Å². The SMILES string of the molecule is CC(C)=CCC/C(C)=C/COc1cccc2oc(=O)c(O)c(OC/C=C(\C)CCC=C(C)C)c12. The number of allylic oxidation sites excluding steroid dienone is 6. The predicted octanol–water partition coefficient (Wildman–Crippen LogP) is 7.64. The third-order valence-corrected chi connectivity index (χ3v) is 5.34. The Morgan fingerprint density at radius 2 is 1.41 bits per heavy atom. The van der Waals surface area contributed by atoms with E-state index in [9.17, 15) is 9.90 Å². The molecule has 2 aromatic rings. The maximum atomic E-state index is 12.1. The van der Waals surface area contributed by atoms with E-state index < -0.39 is 11.4 Å². The molecule has 5 heteroatoms. The van der Waals surface area contributed by atoms with Gasteiger partial charge in [-0.05, 0) is 91.5 Å². The quantitative estimate of drug-likeness (QED) is 0.257. The molecule has 1 aromatic carbocycles. The standard InChI is InChI=1S/C29H38O5/c1-20(2)10-7-12-22(5)16-18-32-24-14-9-15-25-26(24)28(27(30)29(31)34-25)33-19-17-23(6)13-8-11-21(3)4/h9-11,14-17,30H,7-8,12-13,18-19H2,1-6H3/b22-16+,23-17+. The Morgan fingerprint density at radius 3 is 1.97 bits per heavy atom. The highest BCUT2D eigenvalue weighted by Crippen LogP contribution is 2.38. The number of rotatable bonds is 12. The van der Waals surface area contributed by atoms with E-state index in [1.807, 2.05) is 19.1 Å². The van der Waals surface area contributed by atoms with E-state index in [0.717, 1.165) is 25.7 Å². The van der Waals surface area contributed by atoms with Crippen molar-refractivity contribution in [2.75, 3.05) is 13.2 Å². The van der Waals surface area contributed by atoms with Crippen LogP contribution in [0.3, 0.4) is 0 Å². The minimum absolute atomic E-state index is 0.0828. The van der Waals surface area contributed by atoms with E-state index in [0.29, 0.717) is 23.3 Å². The minimum atomic E-state index is -0.834. The molecule has 0 aliphatic rings. The molecule has 2 rings (SSSR count). The van der Waals surface area contributed by atoms with Gasteiger partial charge in [0.05, 0.1) is 0 Å². The summed E-state index contributed by atoms with van der Waals surface area (Å²) < 4.78 is 17.1. The number of benzene rings is 1. The summed E-state index contributed by atoms with van der Waals surface area (Å²) in [5.41, 5.74) is 4.49. The molecule has 0 saturated carbocycles. The maximum Gasteiger partial charge on any atom is 0.382 e. The Hall–Kier alpha value is -3.21.